The van der Waals surface area contributed by atoms with Crippen molar-refractivity contribution in [1.29, 1.82) is 0 Å². The van der Waals surface area contributed by atoms with E-state index in [1.54, 1.807) is 14.0 Å². The van der Waals surface area contributed by atoms with Gasteiger partial charge in [-0.25, -0.2) is 0 Å². The van der Waals surface area contributed by atoms with Crippen LogP contribution in [0.5, 0.6) is 5.75 Å². The molecule has 82 valence electrons. The van der Waals surface area contributed by atoms with Gasteiger partial charge in [-0.2, -0.15) is 0 Å². The van der Waals surface area contributed by atoms with E-state index in [4.69, 9.17) is 9.47 Å². The number of ether oxygens (including phenoxy) is 2. The highest BCUT2D eigenvalue weighted by Gasteiger charge is 2.12. The first-order valence-electron chi connectivity index (χ1n) is 4.85. The Hall–Kier alpha value is -1.35. The molecule has 0 spiro atoms. The molecule has 0 radical (unpaired) electrons. The van der Waals surface area contributed by atoms with Crippen LogP contribution in [0.1, 0.15) is 12.5 Å². The van der Waals surface area contributed by atoms with Gasteiger partial charge in [0, 0.05) is 13.5 Å². The van der Waals surface area contributed by atoms with Crippen LogP contribution in [0.15, 0.2) is 24.3 Å². The summed E-state index contributed by atoms with van der Waals surface area (Å²) in [6.45, 7) is 1.75. The zero-order chi connectivity index (χ0) is 11.3. The van der Waals surface area contributed by atoms with Gasteiger partial charge in [-0.3, -0.25) is 4.79 Å². The Morgan fingerprint density at radius 1 is 1.40 bits per heavy atom. The van der Waals surface area contributed by atoms with E-state index in [-0.39, 0.29) is 11.9 Å². The summed E-state index contributed by atoms with van der Waals surface area (Å²) in [7, 11) is 3.15. The second-order valence-corrected chi connectivity index (χ2v) is 3.37. The molecule has 0 aliphatic carbocycles. The lowest BCUT2D eigenvalue weighted by Crippen LogP contribution is -2.20. The van der Waals surface area contributed by atoms with Crippen molar-refractivity contribution in [2.75, 3.05) is 14.2 Å². The molecule has 0 aromatic heterocycles. The zero-order valence-corrected chi connectivity index (χ0v) is 9.32. The summed E-state index contributed by atoms with van der Waals surface area (Å²) in [6.07, 6.45) is 0.0304. The summed E-state index contributed by atoms with van der Waals surface area (Å²) in [5.74, 6) is 0.844. The van der Waals surface area contributed by atoms with Crippen molar-refractivity contribution < 1.29 is 14.3 Å². The number of carbonyl (C=O) groups excluding carboxylic acids is 1. The van der Waals surface area contributed by atoms with Gasteiger partial charge in [0.2, 0.25) is 0 Å². The minimum atomic E-state index is -0.351. The lowest BCUT2D eigenvalue weighted by atomic mass is 10.1. The normalized spacial score (nSPS) is 12.2. The van der Waals surface area contributed by atoms with E-state index in [0.717, 1.165) is 11.3 Å². The average molecular weight is 208 g/mol. The number of benzene rings is 1. The van der Waals surface area contributed by atoms with Crippen LogP contribution >= 0.6 is 0 Å². The third kappa shape index (κ3) is 3.36. The quantitative estimate of drug-likeness (QED) is 0.740. The molecule has 3 heteroatoms. The Balaban J connectivity index is 2.68. The smallest absolute Gasteiger partial charge is 0.165 e. The van der Waals surface area contributed by atoms with Crippen LogP contribution in [-0.4, -0.2) is 26.1 Å². The third-order valence-corrected chi connectivity index (χ3v) is 2.32. The summed E-state index contributed by atoms with van der Waals surface area (Å²) in [5.41, 5.74) is 0.947. The van der Waals surface area contributed by atoms with E-state index in [2.05, 4.69) is 0 Å². The lowest BCUT2D eigenvalue weighted by Gasteiger charge is -2.08. The maximum atomic E-state index is 11.6. The van der Waals surface area contributed by atoms with Crippen LogP contribution < -0.4 is 4.74 Å². The Morgan fingerprint density at radius 2 is 2.13 bits per heavy atom. The van der Waals surface area contributed by atoms with E-state index >= 15 is 0 Å². The largest absolute Gasteiger partial charge is 0.497 e. The average Bonchev–Trinajstić information content (AvgIpc) is 2.28. The molecule has 0 aliphatic rings. The minimum Gasteiger partial charge on any atom is -0.497 e. The van der Waals surface area contributed by atoms with Gasteiger partial charge in [-0.15, -0.1) is 0 Å². The monoisotopic (exact) mass is 208 g/mol. The fourth-order valence-electron chi connectivity index (χ4n) is 1.26. The Bertz CT molecular complexity index is 333. The van der Waals surface area contributed by atoms with Gasteiger partial charge in [0.25, 0.3) is 0 Å². The Labute approximate surface area is 90.0 Å². The van der Waals surface area contributed by atoms with Crippen molar-refractivity contribution >= 4 is 5.78 Å². The Kier molecular flexibility index (Phi) is 4.31. The molecule has 1 unspecified atom stereocenters. The van der Waals surface area contributed by atoms with Crippen molar-refractivity contribution in [3.8, 4) is 5.75 Å². The van der Waals surface area contributed by atoms with E-state index in [1.165, 1.54) is 7.11 Å². The fraction of sp³-hybridized carbons (Fsp3) is 0.417. The van der Waals surface area contributed by atoms with E-state index in [1.807, 2.05) is 24.3 Å². The van der Waals surface area contributed by atoms with Gasteiger partial charge >= 0.3 is 0 Å². The van der Waals surface area contributed by atoms with Crippen LogP contribution in [0.4, 0.5) is 0 Å². The molecule has 15 heavy (non-hydrogen) atoms. The standard InChI is InChI=1S/C12H16O3/c1-9(14-2)12(13)8-10-5-4-6-11(7-10)15-3/h4-7,9H,8H2,1-3H3. The predicted octanol–water partition coefficient (Wildman–Crippen LogP) is 1.84. The van der Waals surface area contributed by atoms with Crippen molar-refractivity contribution in [3.63, 3.8) is 0 Å². The highest BCUT2D eigenvalue weighted by molar-refractivity contribution is 5.84. The lowest BCUT2D eigenvalue weighted by molar-refractivity contribution is -0.127. The molecule has 1 rings (SSSR count). The van der Waals surface area contributed by atoms with Crippen molar-refractivity contribution in [1.82, 2.24) is 0 Å². The molecule has 1 aromatic rings. The maximum absolute atomic E-state index is 11.6. The van der Waals surface area contributed by atoms with Gasteiger partial charge in [0.05, 0.1) is 7.11 Å². The van der Waals surface area contributed by atoms with Crippen LogP contribution in [0, 0.1) is 0 Å². The van der Waals surface area contributed by atoms with Crippen LogP contribution in [-0.2, 0) is 16.0 Å². The van der Waals surface area contributed by atoms with Gasteiger partial charge in [0.1, 0.15) is 11.9 Å². The van der Waals surface area contributed by atoms with Crippen LogP contribution in [0.3, 0.4) is 0 Å². The second-order valence-electron chi connectivity index (χ2n) is 3.37. The third-order valence-electron chi connectivity index (χ3n) is 2.32. The summed E-state index contributed by atoms with van der Waals surface area (Å²) < 4.78 is 10.0. The first-order chi connectivity index (χ1) is 7.17. The van der Waals surface area contributed by atoms with Crippen LogP contribution in [0.2, 0.25) is 0 Å². The molecule has 0 fully saturated rings. The highest BCUT2D eigenvalue weighted by atomic mass is 16.5. The maximum Gasteiger partial charge on any atom is 0.165 e. The summed E-state index contributed by atoms with van der Waals surface area (Å²) in [5, 5.41) is 0. The second kappa shape index (κ2) is 5.51. The molecular formula is C12H16O3. The number of hydrogen-bond acceptors (Lipinski definition) is 3. The molecule has 0 amide bonds. The fourth-order valence-corrected chi connectivity index (χ4v) is 1.26. The van der Waals surface area contributed by atoms with Gasteiger partial charge in [-0.1, -0.05) is 12.1 Å². The number of carbonyl (C=O) groups is 1. The first kappa shape index (κ1) is 11.7. The van der Waals surface area contributed by atoms with Gasteiger partial charge in [0.15, 0.2) is 5.78 Å². The highest BCUT2D eigenvalue weighted by Crippen LogP contribution is 2.13. The molecule has 3 nitrogen and oxygen atoms in total. The molecule has 1 atom stereocenters. The molecule has 0 bridgehead atoms. The van der Waals surface area contributed by atoms with Crippen LogP contribution in [0.25, 0.3) is 0 Å². The summed E-state index contributed by atoms with van der Waals surface area (Å²) in [6, 6.07) is 7.50. The molecule has 0 aliphatic heterocycles. The van der Waals surface area contributed by atoms with Crippen molar-refractivity contribution in [3.05, 3.63) is 29.8 Å². The molecular weight excluding hydrogens is 192 g/mol. The number of methoxy groups -OCH3 is 2. The molecule has 0 saturated carbocycles. The number of hydrogen-bond donors (Lipinski definition) is 0. The van der Waals surface area contributed by atoms with Gasteiger partial charge in [-0.05, 0) is 24.6 Å². The van der Waals surface area contributed by atoms with Gasteiger partial charge < -0.3 is 9.47 Å². The molecule has 0 saturated heterocycles. The van der Waals surface area contributed by atoms with E-state index in [0.29, 0.717) is 6.42 Å². The molecule has 1 aromatic carbocycles. The number of rotatable bonds is 5. The van der Waals surface area contributed by atoms with E-state index < -0.39 is 0 Å². The van der Waals surface area contributed by atoms with Crippen molar-refractivity contribution in [2.45, 2.75) is 19.4 Å². The summed E-state index contributed by atoms with van der Waals surface area (Å²) in [4.78, 5) is 11.6. The minimum absolute atomic E-state index is 0.0748. The topological polar surface area (TPSA) is 35.5 Å². The number of Topliss-reactive ketones (excluding diaryl/α,β-unsaturated/α-hetero) is 1. The predicted molar refractivity (Wildman–Crippen MR) is 58.2 cm³/mol. The van der Waals surface area contributed by atoms with E-state index in [9.17, 15) is 4.79 Å². The molecule has 0 N–H and O–H groups in total. The zero-order valence-electron chi connectivity index (χ0n) is 9.32. The first-order valence-corrected chi connectivity index (χ1v) is 4.85. The van der Waals surface area contributed by atoms with Crippen molar-refractivity contribution in [2.24, 2.45) is 0 Å². The Morgan fingerprint density at radius 3 is 2.73 bits per heavy atom. The summed E-state index contributed by atoms with van der Waals surface area (Å²) >= 11 is 0. The number of ketones is 1. The molecule has 0 heterocycles. The SMILES string of the molecule is COc1cccc(CC(=O)C(C)OC)c1.